The third-order valence-corrected chi connectivity index (χ3v) is 6.38. The van der Waals surface area contributed by atoms with Crippen molar-refractivity contribution in [3.8, 4) is 11.5 Å². The molecule has 154 valence electrons. The minimum Gasteiger partial charge on any atom is -0.457 e. The first kappa shape index (κ1) is 20.5. The van der Waals surface area contributed by atoms with Gasteiger partial charge >= 0.3 is 0 Å². The number of hydrogen-bond donors (Lipinski definition) is 1. The predicted octanol–water partition coefficient (Wildman–Crippen LogP) is 7.02. The van der Waals surface area contributed by atoms with Gasteiger partial charge in [0.1, 0.15) is 11.5 Å². The molecular weight excluding hydrogens is 390 g/mol. The van der Waals surface area contributed by atoms with Crippen LogP contribution >= 0.6 is 11.8 Å². The van der Waals surface area contributed by atoms with E-state index in [9.17, 15) is 4.79 Å². The standard InChI is InChI=1S/C26H27NO2S/c1-4-18-10-9-15-24(30-17(2)3)26(18)27-25(28)16-21-19-11-5-7-13-22(19)29-23-14-8-6-12-20(21)23/h5-15,17,21H,4,16H2,1-3H3,(H,27,28). The van der Waals surface area contributed by atoms with Crippen molar-refractivity contribution in [1.82, 2.24) is 0 Å². The molecule has 4 heteroatoms. The zero-order valence-corrected chi connectivity index (χ0v) is 18.5. The second-order valence-corrected chi connectivity index (χ2v) is 9.41. The van der Waals surface area contributed by atoms with Crippen LogP contribution in [0, 0.1) is 0 Å². The van der Waals surface area contributed by atoms with Crippen molar-refractivity contribution in [3.63, 3.8) is 0 Å². The molecule has 1 amide bonds. The number of para-hydroxylation sites is 3. The van der Waals surface area contributed by atoms with Gasteiger partial charge in [0, 0.05) is 33.6 Å². The lowest BCUT2D eigenvalue weighted by Gasteiger charge is -2.28. The van der Waals surface area contributed by atoms with Crippen LogP contribution in [0.4, 0.5) is 5.69 Å². The van der Waals surface area contributed by atoms with Crippen molar-refractivity contribution >= 4 is 23.4 Å². The van der Waals surface area contributed by atoms with Gasteiger partial charge in [-0.2, -0.15) is 0 Å². The van der Waals surface area contributed by atoms with Gasteiger partial charge in [-0.3, -0.25) is 4.79 Å². The van der Waals surface area contributed by atoms with Crippen LogP contribution in [-0.2, 0) is 11.2 Å². The number of nitrogens with one attached hydrogen (secondary N) is 1. The molecule has 1 aliphatic rings. The van der Waals surface area contributed by atoms with Gasteiger partial charge < -0.3 is 10.1 Å². The summed E-state index contributed by atoms with van der Waals surface area (Å²) in [6.45, 7) is 6.47. The maximum atomic E-state index is 13.2. The van der Waals surface area contributed by atoms with Crippen LogP contribution in [0.25, 0.3) is 0 Å². The third kappa shape index (κ3) is 4.24. The van der Waals surface area contributed by atoms with Crippen molar-refractivity contribution in [3.05, 3.63) is 83.4 Å². The molecule has 0 bridgehead atoms. The Labute approximate surface area is 182 Å². The van der Waals surface area contributed by atoms with E-state index >= 15 is 0 Å². The van der Waals surface area contributed by atoms with Gasteiger partial charge in [-0.05, 0) is 30.2 Å². The molecule has 0 fully saturated rings. The van der Waals surface area contributed by atoms with Gasteiger partial charge in [0.25, 0.3) is 0 Å². The summed E-state index contributed by atoms with van der Waals surface area (Å²) in [6.07, 6.45) is 1.26. The van der Waals surface area contributed by atoms with E-state index in [0.717, 1.165) is 39.6 Å². The van der Waals surface area contributed by atoms with Gasteiger partial charge in [-0.1, -0.05) is 69.3 Å². The van der Waals surface area contributed by atoms with Crippen molar-refractivity contribution in [2.45, 2.75) is 49.7 Å². The van der Waals surface area contributed by atoms with E-state index in [1.54, 1.807) is 11.8 Å². The summed E-state index contributed by atoms with van der Waals surface area (Å²) in [5, 5.41) is 3.69. The van der Waals surface area contributed by atoms with Crippen LogP contribution in [0.1, 0.15) is 49.8 Å². The number of carbonyl (C=O) groups is 1. The number of anilines is 1. The zero-order valence-electron chi connectivity index (χ0n) is 17.6. The Morgan fingerprint density at radius 1 is 0.967 bits per heavy atom. The molecular formula is C26H27NO2S. The molecule has 0 spiro atoms. The highest BCUT2D eigenvalue weighted by Gasteiger charge is 2.29. The number of fused-ring (bicyclic) bond motifs is 2. The Balaban J connectivity index is 1.63. The molecule has 1 aliphatic heterocycles. The molecule has 0 atom stereocenters. The average molecular weight is 418 g/mol. The topological polar surface area (TPSA) is 38.3 Å². The van der Waals surface area contributed by atoms with Gasteiger partial charge in [0.05, 0.1) is 5.69 Å². The number of benzene rings is 3. The number of carbonyl (C=O) groups excluding carboxylic acids is 1. The summed E-state index contributed by atoms with van der Waals surface area (Å²) in [6, 6.07) is 22.3. The maximum absolute atomic E-state index is 13.2. The average Bonchev–Trinajstić information content (AvgIpc) is 2.74. The molecule has 0 aromatic heterocycles. The fourth-order valence-electron chi connectivity index (χ4n) is 3.97. The summed E-state index contributed by atoms with van der Waals surface area (Å²) >= 11 is 1.79. The van der Waals surface area contributed by atoms with Crippen molar-refractivity contribution in [1.29, 1.82) is 0 Å². The lowest BCUT2D eigenvalue weighted by molar-refractivity contribution is -0.116. The molecule has 1 heterocycles. The molecule has 30 heavy (non-hydrogen) atoms. The molecule has 0 saturated heterocycles. The van der Waals surface area contributed by atoms with E-state index < -0.39 is 0 Å². The van der Waals surface area contributed by atoms with Crippen LogP contribution in [0.3, 0.4) is 0 Å². The maximum Gasteiger partial charge on any atom is 0.225 e. The number of thioether (sulfide) groups is 1. The fourth-order valence-corrected chi connectivity index (χ4v) is 4.93. The Morgan fingerprint density at radius 2 is 1.60 bits per heavy atom. The molecule has 4 rings (SSSR count). The molecule has 3 aromatic carbocycles. The SMILES string of the molecule is CCc1cccc(SC(C)C)c1NC(=O)CC1c2ccccc2Oc2ccccc21. The number of aryl methyl sites for hydroxylation is 1. The van der Waals surface area contributed by atoms with E-state index in [-0.39, 0.29) is 11.8 Å². The quantitative estimate of drug-likeness (QED) is 0.438. The lowest BCUT2D eigenvalue weighted by atomic mass is 9.85. The number of amides is 1. The summed E-state index contributed by atoms with van der Waals surface area (Å²) in [4.78, 5) is 14.4. The summed E-state index contributed by atoms with van der Waals surface area (Å²) in [7, 11) is 0. The van der Waals surface area contributed by atoms with Crippen LogP contribution in [-0.4, -0.2) is 11.2 Å². The van der Waals surface area contributed by atoms with Gasteiger partial charge in [0.15, 0.2) is 0 Å². The smallest absolute Gasteiger partial charge is 0.225 e. The highest BCUT2D eigenvalue weighted by Crippen LogP contribution is 2.45. The largest absolute Gasteiger partial charge is 0.457 e. The molecule has 1 N–H and O–H groups in total. The van der Waals surface area contributed by atoms with Crippen LogP contribution < -0.4 is 10.1 Å². The van der Waals surface area contributed by atoms with Crippen LogP contribution in [0.15, 0.2) is 71.6 Å². The second-order valence-electron chi connectivity index (χ2n) is 7.79. The number of ether oxygens (including phenoxy) is 1. The van der Waals surface area contributed by atoms with Crippen LogP contribution in [0.5, 0.6) is 11.5 Å². The van der Waals surface area contributed by atoms with Gasteiger partial charge in [0.2, 0.25) is 5.91 Å². The van der Waals surface area contributed by atoms with E-state index in [0.29, 0.717) is 11.7 Å². The summed E-state index contributed by atoms with van der Waals surface area (Å²) in [5.74, 6) is 1.66. The van der Waals surface area contributed by atoms with Crippen molar-refractivity contribution < 1.29 is 9.53 Å². The molecule has 0 unspecified atom stereocenters. The van der Waals surface area contributed by atoms with Crippen molar-refractivity contribution in [2.75, 3.05) is 5.32 Å². The third-order valence-electron chi connectivity index (χ3n) is 5.32. The van der Waals surface area contributed by atoms with E-state index in [1.165, 1.54) is 5.56 Å². The zero-order chi connectivity index (χ0) is 21.1. The summed E-state index contributed by atoms with van der Waals surface area (Å²) < 4.78 is 6.07. The molecule has 0 saturated carbocycles. The highest BCUT2D eigenvalue weighted by molar-refractivity contribution is 8.00. The Bertz CT molecular complexity index is 1010. The first-order valence-electron chi connectivity index (χ1n) is 10.5. The predicted molar refractivity (Wildman–Crippen MR) is 125 cm³/mol. The van der Waals surface area contributed by atoms with Crippen molar-refractivity contribution in [2.24, 2.45) is 0 Å². The first-order valence-corrected chi connectivity index (χ1v) is 11.4. The summed E-state index contributed by atoms with van der Waals surface area (Å²) in [5.41, 5.74) is 4.25. The fraction of sp³-hybridized carbons (Fsp3) is 0.269. The second kappa shape index (κ2) is 8.97. The molecule has 0 radical (unpaired) electrons. The van der Waals surface area contributed by atoms with Gasteiger partial charge in [-0.15, -0.1) is 11.8 Å². The monoisotopic (exact) mass is 417 g/mol. The van der Waals surface area contributed by atoms with E-state index in [1.807, 2.05) is 36.4 Å². The lowest BCUT2D eigenvalue weighted by Crippen LogP contribution is -2.20. The Hall–Kier alpha value is -2.72. The molecule has 0 aliphatic carbocycles. The van der Waals surface area contributed by atoms with Gasteiger partial charge in [-0.25, -0.2) is 0 Å². The number of hydrogen-bond acceptors (Lipinski definition) is 3. The first-order chi connectivity index (χ1) is 14.6. The Kier molecular flexibility index (Phi) is 6.14. The Morgan fingerprint density at radius 3 is 2.20 bits per heavy atom. The minimum absolute atomic E-state index is 0.0259. The van der Waals surface area contributed by atoms with Crippen LogP contribution in [0.2, 0.25) is 0 Å². The normalized spacial score (nSPS) is 12.8. The molecule has 3 nitrogen and oxygen atoms in total. The molecule has 3 aromatic rings. The van der Waals surface area contributed by atoms with E-state index in [2.05, 4.69) is 56.4 Å². The van der Waals surface area contributed by atoms with E-state index in [4.69, 9.17) is 4.74 Å². The number of rotatable bonds is 6. The minimum atomic E-state index is -0.0267. The highest BCUT2D eigenvalue weighted by atomic mass is 32.2.